The monoisotopic (exact) mass is 149 g/mol. The van der Waals surface area contributed by atoms with Crippen LogP contribution in [0.5, 0.6) is 0 Å². The molecule has 0 aromatic rings. The van der Waals surface area contributed by atoms with Crippen molar-refractivity contribution in [3.63, 3.8) is 0 Å². The number of hydrogen-bond donors (Lipinski definition) is 4. The van der Waals surface area contributed by atoms with E-state index in [-0.39, 0.29) is 0 Å². The number of aliphatic hydroxyl groups is 3. The maximum absolute atomic E-state index is 9.86. The van der Waals surface area contributed by atoms with Gasteiger partial charge in [0.2, 0.25) is 0 Å². The lowest BCUT2D eigenvalue weighted by Crippen LogP contribution is -2.28. The first-order chi connectivity index (χ1) is 4.57. The van der Waals surface area contributed by atoms with Crippen molar-refractivity contribution >= 4 is 5.97 Å². The molecule has 0 aliphatic rings. The minimum atomic E-state index is -1.49. The minimum absolute atomic E-state index is 0.341. The molecule has 5 nitrogen and oxygen atoms in total. The number of aliphatic carboxylic acids is 1. The zero-order valence-corrected chi connectivity index (χ0v) is 5.14. The van der Waals surface area contributed by atoms with Crippen LogP contribution >= 0.6 is 0 Å². The first-order valence-electron chi connectivity index (χ1n) is 2.63. The molecule has 5 heteroatoms. The minimum Gasteiger partial charge on any atom is -0.481 e. The zero-order valence-electron chi connectivity index (χ0n) is 5.14. The Kier molecular flexibility index (Phi) is 3.94. The van der Waals surface area contributed by atoms with Crippen molar-refractivity contribution in [1.29, 1.82) is 0 Å². The molecule has 0 aliphatic heterocycles. The van der Waals surface area contributed by atoms with Crippen molar-refractivity contribution < 1.29 is 25.2 Å². The Morgan fingerprint density at radius 2 is 2.00 bits per heavy atom. The highest BCUT2D eigenvalue weighted by atomic mass is 16.4. The van der Waals surface area contributed by atoms with Crippen LogP contribution in [0.25, 0.3) is 0 Å². The van der Waals surface area contributed by atoms with Gasteiger partial charge in [0.15, 0.2) is 0 Å². The lowest BCUT2D eigenvalue weighted by Gasteiger charge is -2.11. The topological polar surface area (TPSA) is 98.0 Å². The van der Waals surface area contributed by atoms with Crippen molar-refractivity contribution in [1.82, 2.24) is 0 Å². The smallest absolute Gasteiger partial charge is 0.306 e. The Morgan fingerprint density at radius 1 is 1.50 bits per heavy atom. The second-order valence-corrected chi connectivity index (χ2v) is 1.80. The quantitative estimate of drug-likeness (QED) is 0.399. The molecule has 0 spiro atoms. The van der Waals surface area contributed by atoms with Crippen LogP contribution in [-0.4, -0.2) is 38.6 Å². The van der Waals surface area contributed by atoms with Gasteiger partial charge in [0.1, 0.15) is 12.7 Å². The maximum Gasteiger partial charge on any atom is 0.306 e. The lowest BCUT2D eigenvalue weighted by molar-refractivity contribution is -0.140. The summed E-state index contributed by atoms with van der Waals surface area (Å²) in [5.74, 6) is -1.23. The van der Waals surface area contributed by atoms with Gasteiger partial charge in [-0.3, -0.25) is 4.79 Å². The molecule has 0 aromatic carbocycles. The van der Waals surface area contributed by atoms with Gasteiger partial charge in [-0.1, -0.05) is 0 Å². The van der Waals surface area contributed by atoms with Crippen molar-refractivity contribution in [3.8, 4) is 0 Å². The van der Waals surface area contributed by atoms with E-state index in [0.29, 0.717) is 6.61 Å². The van der Waals surface area contributed by atoms with Crippen LogP contribution in [-0.2, 0) is 4.79 Å². The lowest BCUT2D eigenvalue weighted by atomic mass is 10.1. The molecule has 2 unspecified atom stereocenters. The highest BCUT2D eigenvalue weighted by molar-refractivity contribution is 5.67. The van der Waals surface area contributed by atoms with Crippen molar-refractivity contribution in [2.45, 2.75) is 18.6 Å². The number of carbonyl (C=O) groups is 1. The van der Waals surface area contributed by atoms with Crippen molar-refractivity contribution in [3.05, 3.63) is 6.61 Å². The third-order valence-electron chi connectivity index (χ3n) is 0.931. The van der Waals surface area contributed by atoms with Crippen LogP contribution in [0.3, 0.4) is 0 Å². The second-order valence-electron chi connectivity index (χ2n) is 1.80. The van der Waals surface area contributed by atoms with Crippen molar-refractivity contribution in [2.24, 2.45) is 0 Å². The molecular formula is C5H9O5. The van der Waals surface area contributed by atoms with Gasteiger partial charge in [-0.15, -0.1) is 0 Å². The molecule has 1 radical (unpaired) electrons. The summed E-state index contributed by atoms with van der Waals surface area (Å²) in [7, 11) is 0. The zero-order chi connectivity index (χ0) is 8.15. The van der Waals surface area contributed by atoms with Gasteiger partial charge in [0, 0.05) is 0 Å². The standard InChI is InChI=1S/C5H9O5/c6-2-4(8)3(7)1-5(9)10/h2-4,6-8H,1H2,(H,9,10). The van der Waals surface area contributed by atoms with E-state index in [4.69, 9.17) is 20.4 Å². The molecule has 0 aliphatic carbocycles. The number of carboxylic acid groups (broad SMARTS) is 1. The normalized spacial score (nSPS) is 16.3. The van der Waals surface area contributed by atoms with Gasteiger partial charge in [-0.25, -0.2) is 0 Å². The summed E-state index contributed by atoms with van der Waals surface area (Å²) < 4.78 is 0. The molecule has 10 heavy (non-hydrogen) atoms. The molecule has 0 fully saturated rings. The number of aliphatic hydroxyl groups excluding tert-OH is 3. The molecule has 2 atom stereocenters. The van der Waals surface area contributed by atoms with Gasteiger partial charge in [-0.2, -0.15) is 0 Å². The van der Waals surface area contributed by atoms with E-state index in [2.05, 4.69) is 0 Å². The number of carboxylic acids is 1. The molecule has 4 N–H and O–H groups in total. The fourth-order valence-electron chi connectivity index (χ4n) is 0.399. The summed E-state index contributed by atoms with van der Waals surface area (Å²) in [6.07, 6.45) is -3.52. The fraction of sp³-hybridized carbons (Fsp3) is 0.600. The number of rotatable bonds is 4. The third-order valence-corrected chi connectivity index (χ3v) is 0.931. The van der Waals surface area contributed by atoms with Crippen LogP contribution in [0.4, 0.5) is 0 Å². The van der Waals surface area contributed by atoms with Gasteiger partial charge < -0.3 is 20.4 Å². The fourth-order valence-corrected chi connectivity index (χ4v) is 0.399. The predicted molar refractivity (Wildman–Crippen MR) is 30.5 cm³/mol. The van der Waals surface area contributed by atoms with Gasteiger partial charge >= 0.3 is 5.97 Å². The highest BCUT2D eigenvalue weighted by Crippen LogP contribution is 1.99. The summed E-state index contributed by atoms with van der Waals surface area (Å²) in [5.41, 5.74) is 0. The van der Waals surface area contributed by atoms with Gasteiger partial charge in [-0.05, 0) is 0 Å². The van der Waals surface area contributed by atoms with Crippen LogP contribution in [0.2, 0.25) is 0 Å². The molecule has 59 valence electrons. The Labute approximate surface area is 57.5 Å². The molecule has 0 rings (SSSR count). The average Bonchev–Trinajstić information content (AvgIpc) is 1.85. The van der Waals surface area contributed by atoms with Gasteiger partial charge in [0.25, 0.3) is 0 Å². The summed E-state index contributed by atoms with van der Waals surface area (Å²) in [6, 6.07) is 0. The van der Waals surface area contributed by atoms with E-state index in [0.717, 1.165) is 0 Å². The first kappa shape index (κ1) is 9.35. The molecular weight excluding hydrogens is 140 g/mol. The SMILES string of the molecule is O=C(O)CC(O)C(O)[CH]O. The Hall–Kier alpha value is -0.650. The largest absolute Gasteiger partial charge is 0.481 e. The molecule has 0 aromatic heterocycles. The van der Waals surface area contributed by atoms with E-state index in [1.54, 1.807) is 0 Å². The molecule has 0 heterocycles. The van der Waals surface area contributed by atoms with Crippen LogP contribution in [0, 0.1) is 6.61 Å². The summed E-state index contributed by atoms with van der Waals surface area (Å²) in [6.45, 7) is 0.341. The second kappa shape index (κ2) is 4.21. The highest BCUT2D eigenvalue weighted by Gasteiger charge is 2.18. The van der Waals surface area contributed by atoms with Crippen LogP contribution < -0.4 is 0 Å². The molecule has 0 amide bonds. The molecule has 0 saturated carbocycles. The summed E-state index contributed by atoms with van der Waals surface area (Å²) in [5, 5.41) is 33.4. The Morgan fingerprint density at radius 3 is 2.30 bits per heavy atom. The van der Waals surface area contributed by atoms with Crippen LogP contribution in [0.1, 0.15) is 6.42 Å². The summed E-state index contributed by atoms with van der Waals surface area (Å²) >= 11 is 0. The van der Waals surface area contributed by atoms with Gasteiger partial charge in [0.05, 0.1) is 12.5 Å². The third kappa shape index (κ3) is 3.39. The molecule has 0 saturated heterocycles. The molecule has 0 bridgehead atoms. The Balaban J connectivity index is 3.61. The van der Waals surface area contributed by atoms with E-state index in [9.17, 15) is 4.79 Å². The van der Waals surface area contributed by atoms with E-state index < -0.39 is 24.6 Å². The summed E-state index contributed by atoms with van der Waals surface area (Å²) in [4.78, 5) is 9.86. The van der Waals surface area contributed by atoms with E-state index >= 15 is 0 Å². The first-order valence-corrected chi connectivity index (χ1v) is 2.63. The van der Waals surface area contributed by atoms with Crippen molar-refractivity contribution in [2.75, 3.05) is 0 Å². The van der Waals surface area contributed by atoms with E-state index in [1.165, 1.54) is 0 Å². The van der Waals surface area contributed by atoms with E-state index in [1.807, 2.05) is 0 Å². The Bertz CT molecular complexity index is 113. The predicted octanol–water partition coefficient (Wildman–Crippen LogP) is -1.28. The average molecular weight is 149 g/mol. The maximum atomic E-state index is 9.86. The number of hydrogen-bond acceptors (Lipinski definition) is 4. The van der Waals surface area contributed by atoms with Crippen LogP contribution in [0.15, 0.2) is 0 Å².